The topological polar surface area (TPSA) is 94.5 Å². The van der Waals surface area contributed by atoms with Crippen molar-refractivity contribution in [1.29, 1.82) is 5.26 Å². The molecule has 0 saturated heterocycles. The summed E-state index contributed by atoms with van der Waals surface area (Å²) in [6, 6.07) is 5.54. The molecule has 0 saturated carbocycles. The van der Waals surface area contributed by atoms with Gasteiger partial charge < -0.3 is 14.4 Å². The van der Waals surface area contributed by atoms with E-state index in [1.54, 1.807) is 12.1 Å². The zero-order chi connectivity index (χ0) is 22.6. The summed E-state index contributed by atoms with van der Waals surface area (Å²) in [7, 11) is 0. The predicted octanol–water partition coefficient (Wildman–Crippen LogP) is 4.41. The summed E-state index contributed by atoms with van der Waals surface area (Å²) in [5.41, 5.74) is 3.77. The highest BCUT2D eigenvalue weighted by molar-refractivity contribution is 5.92. The van der Waals surface area contributed by atoms with Gasteiger partial charge in [-0.25, -0.2) is 9.59 Å². The highest BCUT2D eigenvalue weighted by Crippen LogP contribution is 2.49. The maximum atomic E-state index is 12.7. The minimum atomic E-state index is -1.31. The maximum absolute atomic E-state index is 12.7. The lowest BCUT2D eigenvalue weighted by molar-refractivity contribution is -0.132. The van der Waals surface area contributed by atoms with Gasteiger partial charge in [0.15, 0.2) is 0 Å². The zero-order valence-electron chi connectivity index (χ0n) is 18.3. The van der Waals surface area contributed by atoms with E-state index in [2.05, 4.69) is 38.7 Å². The minimum absolute atomic E-state index is 0.0221. The van der Waals surface area contributed by atoms with E-state index in [-0.39, 0.29) is 10.8 Å². The Hall–Kier alpha value is -3.33. The highest BCUT2D eigenvalue weighted by Gasteiger charge is 2.40. The van der Waals surface area contributed by atoms with Gasteiger partial charge in [0.2, 0.25) is 0 Å². The maximum Gasteiger partial charge on any atom is 0.346 e. The zero-order valence-corrected chi connectivity index (χ0v) is 18.3. The van der Waals surface area contributed by atoms with E-state index < -0.39 is 17.2 Å². The monoisotopic (exact) mass is 418 g/mol. The number of fused-ring (bicyclic) bond motifs is 2. The van der Waals surface area contributed by atoms with E-state index in [4.69, 9.17) is 14.8 Å². The van der Waals surface area contributed by atoms with E-state index in [1.807, 2.05) is 0 Å². The number of allylic oxidation sites excluding steroid dienone is 2. The van der Waals surface area contributed by atoms with Crippen LogP contribution in [-0.4, -0.2) is 24.2 Å². The third-order valence-corrected chi connectivity index (χ3v) is 6.33. The van der Waals surface area contributed by atoms with Crippen molar-refractivity contribution in [2.24, 2.45) is 5.41 Å². The van der Waals surface area contributed by atoms with Gasteiger partial charge in [-0.1, -0.05) is 33.8 Å². The first-order valence-corrected chi connectivity index (χ1v) is 10.4. The van der Waals surface area contributed by atoms with Gasteiger partial charge in [0, 0.05) is 29.7 Å². The molecule has 160 valence electrons. The second-order valence-corrected chi connectivity index (χ2v) is 9.91. The normalized spacial score (nSPS) is 19.3. The number of hydrogen-bond acceptors (Lipinski definition) is 5. The van der Waals surface area contributed by atoms with Crippen LogP contribution in [0.5, 0.6) is 0 Å². The van der Waals surface area contributed by atoms with Gasteiger partial charge in [-0.2, -0.15) is 5.26 Å². The number of aliphatic carboxylic acids is 1. The molecular weight excluding hydrogens is 392 g/mol. The number of hydrogen-bond donors (Lipinski definition) is 1. The Morgan fingerprint density at radius 2 is 2.03 bits per heavy atom. The molecule has 1 N–H and O–H groups in total. The molecule has 0 aliphatic carbocycles. The van der Waals surface area contributed by atoms with Crippen LogP contribution >= 0.6 is 0 Å². The van der Waals surface area contributed by atoms with Crippen LogP contribution in [0.25, 0.3) is 17.0 Å². The van der Waals surface area contributed by atoms with Gasteiger partial charge in [-0.05, 0) is 53.5 Å². The van der Waals surface area contributed by atoms with Gasteiger partial charge in [-0.15, -0.1) is 0 Å². The van der Waals surface area contributed by atoms with Gasteiger partial charge in [-0.3, -0.25) is 0 Å². The second kappa shape index (κ2) is 7.12. The van der Waals surface area contributed by atoms with Crippen molar-refractivity contribution in [2.45, 2.75) is 46.0 Å². The first kappa shape index (κ1) is 20.9. The van der Waals surface area contributed by atoms with E-state index >= 15 is 0 Å². The summed E-state index contributed by atoms with van der Waals surface area (Å²) in [6.07, 6.45) is 5.94. The first-order chi connectivity index (χ1) is 14.5. The lowest BCUT2D eigenvalue weighted by atomic mass is 9.71. The standard InChI is InChI=1S/C25H26N2O4/c1-24(2)12-18-20-19(25(3,4)8-9-27(20)14-24)11-17-10-15(23(30)31-21(17)18)6-5-7-16(13-26)22(28)29/h5-7,10-11H,8-9,12,14H2,1-4H3,(H,28,29)/b6-5+,16-7-. The number of nitriles is 1. The quantitative estimate of drug-likeness (QED) is 0.343. The Morgan fingerprint density at radius 3 is 2.71 bits per heavy atom. The molecule has 3 heterocycles. The van der Waals surface area contributed by atoms with E-state index in [1.165, 1.54) is 29.5 Å². The second-order valence-electron chi connectivity index (χ2n) is 9.91. The number of nitrogens with zero attached hydrogens (tertiary/aromatic N) is 2. The number of anilines is 1. The Labute approximate surface area is 181 Å². The van der Waals surface area contributed by atoms with Crippen molar-refractivity contribution in [3.8, 4) is 6.07 Å². The molecular formula is C25H26N2O4. The summed E-state index contributed by atoms with van der Waals surface area (Å²) in [4.78, 5) is 26.1. The summed E-state index contributed by atoms with van der Waals surface area (Å²) in [5.74, 6) is -1.31. The lowest BCUT2D eigenvalue weighted by Crippen LogP contribution is -2.46. The largest absolute Gasteiger partial charge is 0.477 e. The summed E-state index contributed by atoms with van der Waals surface area (Å²) >= 11 is 0. The molecule has 4 rings (SSSR count). The summed E-state index contributed by atoms with van der Waals surface area (Å²) < 4.78 is 5.82. The molecule has 2 aliphatic rings. The van der Waals surface area contributed by atoms with Crippen molar-refractivity contribution >= 4 is 28.7 Å². The van der Waals surface area contributed by atoms with Gasteiger partial charge >= 0.3 is 11.6 Å². The number of carboxylic acid groups (broad SMARTS) is 1. The molecule has 6 heteroatoms. The summed E-state index contributed by atoms with van der Waals surface area (Å²) in [6.45, 7) is 11.0. The molecule has 0 unspecified atom stereocenters. The fourth-order valence-corrected chi connectivity index (χ4v) is 4.77. The van der Waals surface area contributed by atoms with Crippen LogP contribution in [-0.2, 0) is 16.6 Å². The molecule has 1 aromatic heterocycles. The number of carbonyl (C=O) groups is 1. The molecule has 1 aromatic carbocycles. The van der Waals surface area contributed by atoms with Crippen molar-refractivity contribution in [1.82, 2.24) is 0 Å². The van der Waals surface area contributed by atoms with E-state index in [0.29, 0.717) is 11.1 Å². The van der Waals surface area contributed by atoms with Crippen LogP contribution in [0.1, 0.15) is 50.8 Å². The molecule has 0 spiro atoms. The molecule has 0 bridgehead atoms. The van der Waals surface area contributed by atoms with Crippen LogP contribution in [0, 0.1) is 16.7 Å². The SMILES string of the molecule is CC1(C)Cc2c3c(cc4cc(/C=C/C=C(/C#N)C(=O)O)c(=O)oc24)C(C)(C)CCN3C1. The van der Waals surface area contributed by atoms with Crippen LogP contribution < -0.4 is 10.5 Å². The Morgan fingerprint density at radius 1 is 1.29 bits per heavy atom. The fourth-order valence-electron chi connectivity index (χ4n) is 4.77. The van der Waals surface area contributed by atoms with Gasteiger partial charge in [0.1, 0.15) is 17.2 Å². The Bertz CT molecular complexity index is 1250. The molecule has 2 aliphatic heterocycles. The molecule has 0 radical (unpaired) electrons. The summed E-state index contributed by atoms with van der Waals surface area (Å²) in [5, 5.41) is 18.7. The third-order valence-electron chi connectivity index (χ3n) is 6.33. The van der Waals surface area contributed by atoms with Crippen molar-refractivity contribution in [2.75, 3.05) is 18.0 Å². The number of benzene rings is 1. The molecule has 0 amide bonds. The Balaban J connectivity index is 1.91. The Kier molecular flexibility index (Phi) is 4.81. The van der Waals surface area contributed by atoms with Gasteiger partial charge in [0.25, 0.3) is 0 Å². The average molecular weight is 418 g/mol. The van der Waals surface area contributed by atoms with Crippen LogP contribution in [0.2, 0.25) is 0 Å². The van der Waals surface area contributed by atoms with Crippen molar-refractivity contribution in [3.63, 3.8) is 0 Å². The number of carboxylic acids is 1. The lowest BCUT2D eigenvalue weighted by Gasteiger charge is -2.48. The molecule has 0 atom stereocenters. The van der Waals surface area contributed by atoms with Crippen molar-refractivity contribution in [3.05, 3.63) is 57.0 Å². The fraction of sp³-hybridized carbons (Fsp3) is 0.400. The van der Waals surface area contributed by atoms with E-state index in [0.717, 1.165) is 36.9 Å². The van der Waals surface area contributed by atoms with Crippen LogP contribution in [0.4, 0.5) is 5.69 Å². The number of rotatable bonds is 3. The minimum Gasteiger partial charge on any atom is -0.477 e. The first-order valence-electron chi connectivity index (χ1n) is 10.4. The van der Waals surface area contributed by atoms with Crippen LogP contribution in [0.15, 0.2) is 39.1 Å². The predicted molar refractivity (Wildman–Crippen MR) is 120 cm³/mol. The third kappa shape index (κ3) is 3.65. The van der Waals surface area contributed by atoms with Gasteiger partial charge in [0.05, 0.1) is 5.56 Å². The molecule has 2 aromatic rings. The highest BCUT2D eigenvalue weighted by atomic mass is 16.4. The van der Waals surface area contributed by atoms with Crippen LogP contribution in [0.3, 0.4) is 0 Å². The molecule has 31 heavy (non-hydrogen) atoms. The van der Waals surface area contributed by atoms with E-state index in [9.17, 15) is 9.59 Å². The average Bonchev–Trinajstić information content (AvgIpc) is 2.67. The smallest absolute Gasteiger partial charge is 0.346 e. The van der Waals surface area contributed by atoms with Crippen molar-refractivity contribution < 1.29 is 14.3 Å². The molecule has 6 nitrogen and oxygen atoms in total. The molecule has 0 fully saturated rings.